The lowest BCUT2D eigenvalue weighted by Crippen LogP contribution is -2.33. The summed E-state index contributed by atoms with van der Waals surface area (Å²) in [5, 5.41) is 9.18. The molecule has 0 fully saturated rings. The molecular formula is C16H23NO4S. The zero-order valence-electron chi connectivity index (χ0n) is 13.0. The summed E-state index contributed by atoms with van der Waals surface area (Å²) in [6.45, 7) is 3.77. The van der Waals surface area contributed by atoms with Crippen LogP contribution < -0.4 is 4.72 Å². The number of aliphatic carboxylic acids is 1. The molecule has 0 bridgehead atoms. The molecule has 2 rings (SSSR count). The van der Waals surface area contributed by atoms with E-state index in [0.717, 1.165) is 24.8 Å². The van der Waals surface area contributed by atoms with E-state index in [0.29, 0.717) is 6.42 Å². The van der Waals surface area contributed by atoms with Gasteiger partial charge in [0.2, 0.25) is 10.0 Å². The van der Waals surface area contributed by atoms with Gasteiger partial charge in [-0.05, 0) is 54.9 Å². The minimum atomic E-state index is -3.66. The van der Waals surface area contributed by atoms with Crippen LogP contribution in [0.5, 0.6) is 0 Å². The maximum absolute atomic E-state index is 12.3. The molecule has 0 aliphatic heterocycles. The molecule has 0 saturated heterocycles. The normalized spacial score (nSPS) is 15.8. The molecular weight excluding hydrogens is 302 g/mol. The third kappa shape index (κ3) is 4.08. The van der Waals surface area contributed by atoms with E-state index in [1.165, 1.54) is 5.56 Å². The molecule has 1 unspecified atom stereocenters. The smallest absolute Gasteiger partial charge is 0.307 e. The molecule has 122 valence electrons. The Bertz CT molecular complexity index is 652. The number of carboxylic acid groups (broad SMARTS) is 1. The number of hydrogen-bond donors (Lipinski definition) is 2. The molecule has 2 N–H and O–H groups in total. The second-order valence-corrected chi connectivity index (χ2v) is 8.07. The summed E-state index contributed by atoms with van der Waals surface area (Å²) in [4.78, 5) is 11.4. The van der Waals surface area contributed by atoms with Gasteiger partial charge in [0.25, 0.3) is 0 Å². The number of sulfonamides is 1. The first-order chi connectivity index (χ1) is 10.3. The van der Waals surface area contributed by atoms with Crippen LogP contribution in [-0.4, -0.2) is 26.0 Å². The van der Waals surface area contributed by atoms with Crippen molar-refractivity contribution in [1.29, 1.82) is 0 Å². The van der Waals surface area contributed by atoms with Crippen LogP contribution >= 0.6 is 0 Å². The number of hydrogen-bond acceptors (Lipinski definition) is 3. The number of fused-ring (bicyclic) bond motifs is 1. The summed E-state index contributed by atoms with van der Waals surface area (Å²) in [5.41, 5.74) is 2.29. The van der Waals surface area contributed by atoms with Crippen molar-refractivity contribution in [2.24, 2.45) is 11.8 Å². The molecule has 6 heteroatoms. The quantitative estimate of drug-likeness (QED) is 0.805. The van der Waals surface area contributed by atoms with E-state index in [1.807, 2.05) is 19.9 Å². The van der Waals surface area contributed by atoms with Crippen molar-refractivity contribution in [1.82, 2.24) is 4.72 Å². The highest BCUT2D eigenvalue weighted by molar-refractivity contribution is 7.89. The summed E-state index contributed by atoms with van der Waals surface area (Å²) in [7, 11) is -3.66. The number of carboxylic acids is 1. The molecule has 1 aromatic carbocycles. The van der Waals surface area contributed by atoms with Gasteiger partial charge in [-0.1, -0.05) is 19.9 Å². The maximum atomic E-state index is 12.3. The number of aryl methyl sites for hydroxylation is 2. The van der Waals surface area contributed by atoms with Crippen LogP contribution in [0.25, 0.3) is 0 Å². The van der Waals surface area contributed by atoms with Crippen molar-refractivity contribution in [3.63, 3.8) is 0 Å². The summed E-state index contributed by atoms with van der Waals surface area (Å²) < 4.78 is 27.1. The average molecular weight is 325 g/mol. The van der Waals surface area contributed by atoms with E-state index in [4.69, 9.17) is 0 Å². The predicted molar refractivity (Wildman–Crippen MR) is 84.2 cm³/mol. The van der Waals surface area contributed by atoms with Crippen LogP contribution in [0.1, 0.15) is 37.8 Å². The van der Waals surface area contributed by atoms with Crippen molar-refractivity contribution in [2.75, 3.05) is 6.54 Å². The molecule has 0 aromatic heterocycles. The lowest BCUT2D eigenvalue weighted by atomic mass is 9.98. The summed E-state index contributed by atoms with van der Waals surface area (Å²) in [5.74, 6) is -1.47. The molecule has 0 amide bonds. The van der Waals surface area contributed by atoms with E-state index in [9.17, 15) is 18.3 Å². The Hall–Kier alpha value is -1.40. The zero-order chi connectivity index (χ0) is 16.3. The molecule has 22 heavy (non-hydrogen) atoms. The van der Waals surface area contributed by atoms with E-state index >= 15 is 0 Å². The van der Waals surface area contributed by atoms with E-state index < -0.39 is 21.9 Å². The van der Waals surface area contributed by atoms with Crippen LogP contribution in [0, 0.1) is 11.8 Å². The summed E-state index contributed by atoms with van der Waals surface area (Å²) >= 11 is 0. The molecule has 1 aromatic rings. The van der Waals surface area contributed by atoms with Crippen molar-refractivity contribution in [2.45, 2.75) is 44.4 Å². The molecule has 1 aliphatic rings. The fraction of sp³-hybridized carbons (Fsp3) is 0.562. The van der Waals surface area contributed by atoms with Crippen LogP contribution in [-0.2, 0) is 27.7 Å². The Balaban J connectivity index is 2.09. The second-order valence-electron chi connectivity index (χ2n) is 6.30. The topological polar surface area (TPSA) is 83.5 Å². The second kappa shape index (κ2) is 6.79. The van der Waals surface area contributed by atoms with Crippen LogP contribution in [0.2, 0.25) is 0 Å². The predicted octanol–water partition coefficient (Wildman–Crippen LogP) is 2.20. The third-order valence-electron chi connectivity index (χ3n) is 4.01. The van der Waals surface area contributed by atoms with Crippen molar-refractivity contribution >= 4 is 16.0 Å². The van der Waals surface area contributed by atoms with Gasteiger partial charge >= 0.3 is 5.97 Å². The average Bonchev–Trinajstić information content (AvgIpc) is 2.90. The van der Waals surface area contributed by atoms with E-state index in [-0.39, 0.29) is 17.4 Å². The summed E-state index contributed by atoms with van der Waals surface area (Å²) in [6, 6.07) is 5.17. The minimum Gasteiger partial charge on any atom is -0.481 e. The Labute approximate surface area is 131 Å². The van der Waals surface area contributed by atoms with Crippen molar-refractivity contribution < 1.29 is 18.3 Å². The largest absolute Gasteiger partial charge is 0.481 e. The zero-order valence-corrected chi connectivity index (χ0v) is 13.8. The fourth-order valence-corrected chi connectivity index (χ4v) is 3.98. The number of benzene rings is 1. The van der Waals surface area contributed by atoms with Crippen LogP contribution in [0.3, 0.4) is 0 Å². The molecule has 0 heterocycles. The lowest BCUT2D eigenvalue weighted by Gasteiger charge is -2.16. The minimum absolute atomic E-state index is 0.0765. The molecule has 1 atom stereocenters. The molecule has 1 aliphatic carbocycles. The van der Waals surface area contributed by atoms with E-state index in [1.54, 1.807) is 12.1 Å². The first-order valence-corrected chi connectivity index (χ1v) is 9.12. The van der Waals surface area contributed by atoms with E-state index in [2.05, 4.69) is 4.72 Å². The first kappa shape index (κ1) is 17.0. The Morgan fingerprint density at radius 3 is 2.59 bits per heavy atom. The SMILES string of the molecule is CC(C)CC(CNS(=O)(=O)c1ccc2c(c1)CCC2)C(=O)O. The van der Waals surface area contributed by atoms with Gasteiger partial charge in [-0.2, -0.15) is 0 Å². The monoisotopic (exact) mass is 325 g/mol. The molecule has 0 radical (unpaired) electrons. The fourth-order valence-electron chi connectivity index (χ4n) is 2.85. The summed E-state index contributed by atoms with van der Waals surface area (Å²) in [6.07, 6.45) is 3.41. The van der Waals surface area contributed by atoms with Crippen molar-refractivity contribution in [3.8, 4) is 0 Å². The van der Waals surface area contributed by atoms with Gasteiger partial charge in [0, 0.05) is 6.54 Å². The van der Waals surface area contributed by atoms with Gasteiger partial charge in [0.05, 0.1) is 10.8 Å². The van der Waals surface area contributed by atoms with Crippen LogP contribution in [0.15, 0.2) is 23.1 Å². The number of rotatable bonds is 7. The Kier molecular flexibility index (Phi) is 5.24. The third-order valence-corrected chi connectivity index (χ3v) is 5.43. The maximum Gasteiger partial charge on any atom is 0.307 e. The number of nitrogens with one attached hydrogen (secondary N) is 1. The first-order valence-electron chi connectivity index (χ1n) is 7.64. The van der Waals surface area contributed by atoms with Crippen molar-refractivity contribution in [3.05, 3.63) is 29.3 Å². The van der Waals surface area contributed by atoms with Gasteiger partial charge in [0.15, 0.2) is 0 Å². The van der Waals surface area contributed by atoms with Crippen LogP contribution in [0.4, 0.5) is 0 Å². The Morgan fingerprint density at radius 2 is 1.95 bits per heavy atom. The Morgan fingerprint density at radius 1 is 1.27 bits per heavy atom. The van der Waals surface area contributed by atoms with Gasteiger partial charge < -0.3 is 5.11 Å². The molecule has 0 spiro atoms. The van der Waals surface area contributed by atoms with Gasteiger partial charge in [-0.15, -0.1) is 0 Å². The number of carbonyl (C=O) groups is 1. The van der Waals surface area contributed by atoms with Gasteiger partial charge in [-0.3, -0.25) is 4.79 Å². The lowest BCUT2D eigenvalue weighted by molar-refractivity contribution is -0.142. The highest BCUT2D eigenvalue weighted by atomic mass is 32.2. The highest BCUT2D eigenvalue weighted by Gasteiger charge is 2.23. The molecule has 5 nitrogen and oxygen atoms in total. The standard InChI is InChI=1S/C16H23NO4S/c1-11(2)8-14(16(18)19)10-17-22(20,21)15-7-6-12-4-3-5-13(12)9-15/h6-7,9,11,14,17H,3-5,8,10H2,1-2H3,(H,18,19). The van der Waals surface area contributed by atoms with Gasteiger partial charge in [0.1, 0.15) is 0 Å². The van der Waals surface area contributed by atoms with Gasteiger partial charge in [-0.25, -0.2) is 13.1 Å². The molecule has 0 saturated carbocycles. The highest BCUT2D eigenvalue weighted by Crippen LogP contribution is 2.24.